The summed E-state index contributed by atoms with van der Waals surface area (Å²) in [5, 5.41) is 0. The van der Waals surface area contributed by atoms with Gasteiger partial charge in [0.05, 0.1) is 17.1 Å². The van der Waals surface area contributed by atoms with E-state index in [4.69, 9.17) is 9.98 Å². The number of likely N-dealkylation sites (N-methyl/N-ethyl adjacent to an activating group) is 1. The maximum absolute atomic E-state index is 4.99. The average Bonchev–Trinajstić information content (AvgIpc) is 2.82. The molecule has 0 bridgehead atoms. The number of para-hydroxylation sites is 2. The van der Waals surface area contributed by atoms with E-state index in [1.807, 2.05) is 12.1 Å². The van der Waals surface area contributed by atoms with Crippen LogP contribution in [-0.2, 0) is 0 Å². The molecule has 0 saturated carbocycles. The molecule has 0 amide bonds. The smallest absolute Gasteiger partial charge is 0.111 e. The summed E-state index contributed by atoms with van der Waals surface area (Å²) in [6, 6.07) is 16.8. The molecule has 25 heavy (non-hydrogen) atoms. The molecule has 128 valence electrons. The lowest BCUT2D eigenvalue weighted by Gasteiger charge is -2.34. The zero-order valence-corrected chi connectivity index (χ0v) is 14.9. The fourth-order valence-electron chi connectivity index (χ4n) is 3.33. The lowest BCUT2D eigenvalue weighted by Crippen LogP contribution is -2.47. The average molecular weight is 332 g/mol. The highest BCUT2D eigenvalue weighted by Gasteiger charge is 2.22. The molecule has 4 rings (SSSR count). The van der Waals surface area contributed by atoms with Crippen LogP contribution in [0, 0.1) is 6.92 Å². The van der Waals surface area contributed by atoms with E-state index in [2.05, 4.69) is 60.2 Å². The van der Waals surface area contributed by atoms with Crippen molar-refractivity contribution in [3.05, 3.63) is 59.7 Å². The van der Waals surface area contributed by atoms with E-state index >= 15 is 0 Å². The number of aliphatic imine (C=N–C) groups is 2. The standard InChI is InChI=1S/C21H24N4/c1-16-7-9-17(10-8-16)20-15-21(25-13-11-24(2)12-14-25)23-19-6-4-3-5-18(19)22-20/h3-10H,11-15H2,1-2H3. The zero-order chi connectivity index (χ0) is 17.2. The third-order valence-corrected chi connectivity index (χ3v) is 4.97. The Hall–Kier alpha value is -2.46. The van der Waals surface area contributed by atoms with Crippen molar-refractivity contribution in [2.24, 2.45) is 9.98 Å². The molecule has 2 aliphatic heterocycles. The number of amidine groups is 1. The summed E-state index contributed by atoms with van der Waals surface area (Å²) in [6.45, 7) is 6.33. The number of benzene rings is 2. The van der Waals surface area contributed by atoms with Gasteiger partial charge in [-0.1, -0.05) is 42.0 Å². The van der Waals surface area contributed by atoms with Gasteiger partial charge >= 0.3 is 0 Å². The summed E-state index contributed by atoms with van der Waals surface area (Å²) in [7, 11) is 2.18. The maximum atomic E-state index is 4.99. The minimum Gasteiger partial charge on any atom is -0.357 e. The van der Waals surface area contributed by atoms with Crippen molar-refractivity contribution < 1.29 is 0 Å². The number of aryl methyl sites for hydroxylation is 1. The van der Waals surface area contributed by atoms with Crippen LogP contribution in [0.15, 0.2) is 58.5 Å². The van der Waals surface area contributed by atoms with Gasteiger partial charge in [-0.25, -0.2) is 4.99 Å². The number of piperazine rings is 1. The van der Waals surface area contributed by atoms with Gasteiger partial charge in [0.25, 0.3) is 0 Å². The monoisotopic (exact) mass is 332 g/mol. The molecule has 1 fully saturated rings. The first-order chi connectivity index (χ1) is 12.2. The van der Waals surface area contributed by atoms with Crippen LogP contribution in [0.5, 0.6) is 0 Å². The number of rotatable bonds is 1. The van der Waals surface area contributed by atoms with Gasteiger partial charge in [-0.2, -0.15) is 0 Å². The molecule has 2 aromatic carbocycles. The maximum Gasteiger partial charge on any atom is 0.111 e. The fourth-order valence-corrected chi connectivity index (χ4v) is 3.33. The summed E-state index contributed by atoms with van der Waals surface area (Å²) < 4.78 is 0. The van der Waals surface area contributed by atoms with Crippen molar-refractivity contribution in [1.29, 1.82) is 0 Å². The van der Waals surface area contributed by atoms with Crippen LogP contribution in [0.1, 0.15) is 17.5 Å². The van der Waals surface area contributed by atoms with Gasteiger partial charge in [0.2, 0.25) is 0 Å². The highest BCUT2D eigenvalue weighted by molar-refractivity contribution is 6.14. The van der Waals surface area contributed by atoms with Gasteiger partial charge in [-0.15, -0.1) is 0 Å². The molecule has 1 saturated heterocycles. The molecular formula is C21H24N4. The molecule has 2 aliphatic rings. The van der Waals surface area contributed by atoms with Crippen molar-refractivity contribution in [2.45, 2.75) is 13.3 Å². The summed E-state index contributed by atoms with van der Waals surface area (Å²) >= 11 is 0. The fraction of sp³-hybridized carbons (Fsp3) is 0.333. The predicted molar refractivity (Wildman–Crippen MR) is 105 cm³/mol. The Morgan fingerprint density at radius 1 is 0.800 bits per heavy atom. The number of nitrogens with zero attached hydrogens (tertiary/aromatic N) is 4. The summed E-state index contributed by atoms with van der Waals surface area (Å²) in [5.74, 6) is 1.14. The van der Waals surface area contributed by atoms with Crippen molar-refractivity contribution in [3.63, 3.8) is 0 Å². The number of hydrogen-bond donors (Lipinski definition) is 0. The first kappa shape index (κ1) is 16.0. The lowest BCUT2D eigenvalue weighted by molar-refractivity contribution is 0.214. The van der Waals surface area contributed by atoms with E-state index in [9.17, 15) is 0 Å². The van der Waals surface area contributed by atoms with Crippen molar-refractivity contribution in [2.75, 3.05) is 33.2 Å². The SMILES string of the molecule is Cc1ccc(C2=Nc3ccccc3N=C(N3CCN(C)CC3)C2)cc1. The van der Waals surface area contributed by atoms with E-state index < -0.39 is 0 Å². The van der Waals surface area contributed by atoms with Gasteiger partial charge in [0.1, 0.15) is 5.84 Å². The highest BCUT2D eigenvalue weighted by Crippen LogP contribution is 2.32. The minimum absolute atomic E-state index is 0.779. The van der Waals surface area contributed by atoms with Gasteiger partial charge in [0.15, 0.2) is 0 Å². The third kappa shape index (κ3) is 3.49. The summed E-state index contributed by atoms with van der Waals surface area (Å²) in [4.78, 5) is 14.7. The lowest BCUT2D eigenvalue weighted by atomic mass is 10.0. The molecule has 0 N–H and O–H groups in total. The number of fused-ring (bicyclic) bond motifs is 1. The molecule has 0 aromatic heterocycles. The van der Waals surface area contributed by atoms with E-state index in [0.717, 1.165) is 55.5 Å². The molecule has 0 aliphatic carbocycles. The molecule has 0 spiro atoms. The molecular weight excluding hydrogens is 308 g/mol. The van der Waals surface area contributed by atoms with Crippen LogP contribution < -0.4 is 0 Å². The van der Waals surface area contributed by atoms with Crippen LogP contribution in [0.2, 0.25) is 0 Å². The largest absolute Gasteiger partial charge is 0.357 e. The van der Waals surface area contributed by atoms with E-state index in [-0.39, 0.29) is 0 Å². The quantitative estimate of drug-likeness (QED) is 0.795. The van der Waals surface area contributed by atoms with Crippen LogP contribution in [0.3, 0.4) is 0 Å². The van der Waals surface area contributed by atoms with Crippen molar-refractivity contribution in [3.8, 4) is 0 Å². The molecule has 0 atom stereocenters. The Morgan fingerprint density at radius 3 is 2.12 bits per heavy atom. The van der Waals surface area contributed by atoms with E-state index in [1.165, 1.54) is 11.1 Å². The molecule has 2 aromatic rings. The second kappa shape index (κ2) is 6.81. The Balaban J connectivity index is 1.73. The molecule has 4 heteroatoms. The molecule has 0 radical (unpaired) electrons. The first-order valence-electron chi connectivity index (χ1n) is 8.94. The molecule has 2 heterocycles. The van der Waals surface area contributed by atoms with Gasteiger partial charge in [-0.3, -0.25) is 4.99 Å². The second-order valence-electron chi connectivity index (χ2n) is 6.91. The third-order valence-electron chi connectivity index (χ3n) is 4.97. The molecule has 4 nitrogen and oxygen atoms in total. The van der Waals surface area contributed by atoms with Gasteiger partial charge in [-0.05, 0) is 31.7 Å². The Labute approximate surface area is 149 Å². The molecule has 0 unspecified atom stereocenters. The Kier molecular flexibility index (Phi) is 4.36. The second-order valence-corrected chi connectivity index (χ2v) is 6.91. The van der Waals surface area contributed by atoms with Gasteiger partial charge < -0.3 is 9.80 Å². The van der Waals surface area contributed by atoms with Crippen LogP contribution in [0.4, 0.5) is 11.4 Å². The summed E-state index contributed by atoms with van der Waals surface area (Å²) in [6.07, 6.45) is 0.779. The minimum atomic E-state index is 0.779. The Bertz CT molecular complexity index is 812. The van der Waals surface area contributed by atoms with Gasteiger partial charge in [0, 0.05) is 32.6 Å². The van der Waals surface area contributed by atoms with Crippen molar-refractivity contribution >= 4 is 22.9 Å². The van der Waals surface area contributed by atoms with E-state index in [0.29, 0.717) is 0 Å². The summed E-state index contributed by atoms with van der Waals surface area (Å²) in [5.41, 5.74) is 5.49. The zero-order valence-electron chi connectivity index (χ0n) is 14.9. The van der Waals surface area contributed by atoms with Crippen LogP contribution in [-0.4, -0.2) is 54.6 Å². The highest BCUT2D eigenvalue weighted by atomic mass is 15.3. The topological polar surface area (TPSA) is 31.2 Å². The van der Waals surface area contributed by atoms with Crippen LogP contribution >= 0.6 is 0 Å². The predicted octanol–water partition coefficient (Wildman–Crippen LogP) is 3.80. The Morgan fingerprint density at radius 2 is 1.44 bits per heavy atom. The first-order valence-corrected chi connectivity index (χ1v) is 8.94. The van der Waals surface area contributed by atoms with E-state index in [1.54, 1.807) is 0 Å². The van der Waals surface area contributed by atoms with Crippen molar-refractivity contribution in [1.82, 2.24) is 9.80 Å². The van der Waals surface area contributed by atoms with Crippen LogP contribution in [0.25, 0.3) is 0 Å². The number of hydrogen-bond acceptors (Lipinski definition) is 4. The normalized spacial score (nSPS) is 18.2.